The van der Waals surface area contributed by atoms with Crippen LogP contribution >= 0.6 is 11.6 Å². The van der Waals surface area contributed by atoms with Gasteiger partial charge in [0.25, 0.3) is 5.91 Å². The molecule has 0 aliphatic heterocycles. The minimum absolute atomic E-state index is 0.00989. The Bertz CT molecular complexity index is 1230. The Balaban J connectivity index is 1.48. The van der Waals surface area contributed by atoms with Crippen LogP contribution in [0.5, 0.6) is 0 Å². The third kappa shape index (κ3) is 5.14. The normalized spacial score (nSPS) is 15.6. The van der Waals surface area contributed by atoms with Gasteiger partial charge < -0.3 is 5.32 Å². The largest absolute Gasteiger partial charge is 0.345 e. The second-order valence-electron chi connectivity index (χ2n) is 8.06. The van der Waals surface area contributed by atoms with Crippen molar-refractivity contribution >= 4 is 33.2 Å². The lowest BCUT2D eigenvalue weighted by Gasteiger charge is -2.26. The molecular weight excluding hydrogens is 444 g/mol. The molecule has 0 spiro atoms. The van der Waals surface area contributed by atoms with Crippen molar-refractivity contribution < 1.29 is 13.2 Å². The standard InChI is InChI=1S/C25H25ClN2O3S/c1-32(30,31)28(22-9-5-8-21(26)16-22)17-18-12-14-20(15-13-18)25(29)27-24-11-4-7-19-6-2-3-10-23(19)24/h2-3,5-6,8-10,12-16,24H,4,7,11,17H2,1H3,(H,27,29)/t24-/m1/s1. The van der Waals surface area contributed by atoms with E-state index in [1.54, 1.807) is 48.5 Å². The third-order valence-corrected chi connectivity index (χ3v) is 7.09. The summed E-state index contributed by atoms with van der Waals surface area (Å²) in [5.41, 5.74) is 4.30. The number of aryl methyl sites for hydroxylation is 1. The Morgan fingerprint density at radius 2 is 1.81 bits per heavy atom. The molecule has 1 N–H and O–H groups in total. The Kier molecular flexibility index (Phi) is 6.53. The maximum atomic E-state index is 12.8. The number of carbonyl (C=O) groups is 1. The minimum Gasteiger partial charge on any atom is -0.345 e. The van der Waals surface area contributed by atoms with E-state index in [0.717, 1.165) is 31.1 Å². The average Bonchev–Trinajstić information content (AvgIpc) is 2.77. The van der Waals surface area contributed by atoms with Gasteiger partial charge in [0.15, 0.2) is 0 Å². The van der Waals surface area contributed by atoms with E-state index in [2.05, 4.69) is 17.4 Å². The monoisotopic (exact) mass is 468 g/mol. The number of nitrogens with one attached hydrogen (secondary N) is 1. The maximum Gasteiger partial charge on any atom is 0.251 e. The first kappa shape index (κ1) is 22.4. The lowest BCUT2D eigenvalue weighted by molar-refractivity contribution is 0.0932. The summed E-state index contributed by atoms with van der Waals surface area (Å²) >= 11 is 6.04. The highest BCUT2D eigenvalue weighted by Gasteiger charge is 2.22. The van der Waals surface area contributed by atoms with Crippen LogP contribution in [0, 0.1) is 0 Å². The molecule has 0 bridgehead atoms. The minimum atomic E-state index is -3.51. The summed E-state index contributed by atoms with van der Waals surface area (Å²) in [6.45, 7) is 0.150. The fourth-order valence-corrected chi connectivity index (χ4v) is 5.17. The molecule has 3 aromatic rings. The predicted molar refractivity (Wildman–Crippen MR) is 129 cm³/mol. The molecule has 1 amide bonds. The molecule has 0 unspecified atom stereocenters. The van der Waals surface area contributed by atoms with Crippen molar-refractivity contribution in [2.45, 2.75) is 31.8 Å². The highest BCUT2D eigenvalue weighted by molar-refractivity contribution is 7.92. The van der Waals surface area contributed by atoms with Gasteiger partial charge in [-0.15, -0.1) is 0 Å². The van der Waals surface area contributed by atoms with E-state index in [9.17, 15) is 13.2 Å². The molecule has 32 heavy (non-hydrogen) atoms. The second-order valence-corrected chi connectivity index (χ2v) is 10.4. The first-order chi connectivity index (χ1) is 15.3. The van der Waals surface area contributed by atoms with E-state index in [1.165, 1.54) is 15.4 Å². The molecule has 0 saturated heterocycles. The maximum absolute atomic E-state index is 12.8. The van der Waals surface area contributed by atoms with Crippen molar-refractivity contribution in [3.8, 4) is 0 Å². The van der Waals surface area contributed by atoms with Gasteiger partial charge in [0.1, 0.15) is 0 Å². The van der Waals surface area contributed by atoms with Crippen molar-refractivity contribution in [1.82, 2.24) is 5.32 Å². The number of sulfonamides is 1. The van der Waals surface area contributed by atoms with Crippen LogP contribution in [0.3, 0.4) is 0 Å². The molecule has 1 atom stereocenters. The lowest BCUT2D eigenvalue weighted by atomic mass is 9.87. The van der Waals surface area contributed by atoms with Crippen LogP contribution in [-0.2, 0) is 23.0 Å². The highest BCUT2D eigenvalue weighted by atomic mass is 35.5. The predicted octanol–water partition coefficient (Wildman–Crippen LogP) is 5.11. The molecule has 7 heteroatoms. The van der Waals surface area contributed by atoms with Crippen molar-refractivity contribution in [2.24, 2.45) is 0 Å². The smallest absolute Gasteiger partial charge is 0.251 e. The molecule has 166 valence electrons. The Labute approximate surface area is 194 Å². The van der Waals surface area contributed by atoms with Gasteiger partial charge in [0.2, 0.25) is 10.0 Å². The van der Waals surface area contributed by atoms with Gasteiger partial charge in [-0.1, -0.05) is 54.1 Å². The first-order valence-corrected chi connectivity index (χ1v) is 12.7. The summed E-state index contributed by atoms with van der Waals surface area (Å²) in [4.78, 5) is 12.8. The average molecular weight is 469 g/mol. The lowest BCUT2D eigenvalue weighted by Crippen LogP contribution is -2.31. The Morgan fingerprint density at radius 1 is 1.06 bits per heavy atom. The summed E-state index contributed by atoms with van der Waals surface area (Å²) in [6, 6.07) is 22.0. The number of anilines is 1. The van der Waals surface area contributed by atoms with E-state index in [4.69, 9.17) is 11.6 Å². The second kappa shape index (κ2) is 9.35. The first-order valence-electron chi connectivity index (χ1n) is 10.5. The molecular formula is C25H25ClN2O3S. The summed E-state index contributed by atoms with van der Waals surface area (Å²) in [6.07, 6.45) is 4.17. The molecule has 4 rings (SSSR count). The number of hydrogen-bond acceptors (Lipinski definition) is 3. The molecule has 1 aliphatic rings. The zero-order valence-corrected chi connectivity index (χ0v) is 19.4. The zero-order chi connectivity index (χ0) is 22.7. The number of benzene rings is 3. The topological polar surface area (TPSA) is 66.5 Å². The molecule has 3 aromatic carbocycles. The van der Waals surface area contributed by atoms with Gasteiger partial charge >= 0.3 is 0 Å². The molecule has 0 aromatic heterocycles. The summed E-state index contributed by atoms with van der Waals surface area (Å²) in [5, 5.41) is 3.61. The third-order valence-electron chi connectivity index (χ3n) is 5.71. The molecule has 5 nitrogen and oxygen atoms in total. The number of halogens is 1. The van der Waals surface area contributed by atoms with Gasteiger partial charge in [-0.2, -0.15) is 0 Å². The quantitative estimate of drug-likeness (QED) is 0.546. The van der Waals surface area contributed by atoms with Crippen molar-refractivity contribution in [1.29, 1.82) is 0 Å². The van der Waals surface area contributed by atoms with Crippen LogP contribution in [0.15, 0.2) is 72.8 Å². The van der Waals surface area contributed by atoms with Crippen LogP contribution < -0.4 is 9.62 Å². The Morgan fingerprint density at radius 3 is 2.53 bits per heavy atom. The molecule has 0 radical (unpaired) electrons. The molecule has 0 fully saturated rings. The van der Waals surface area contributed by atoms with E-state index in [-0.39, 0.29) is 18.5 Å². The highest BCUT2D eigenvalue weighted by Crippen LogP contribution is 2.30. The van der Waals surface area contributed by atoms with Gasteiger partial charge in [0, 0.05) is 10.6 Å². The van der Waals surface area contributed by atoms with Crippen LogP contribution in [0.2, 0.25) is 5.02 Å². The van der Waals surface area contributed by atoms with E-state index < -0.39 is 10.0 Å². The van der Waals surface area contributed by atoms with Crippen LogP contribution in [-0.4, -0.2) is 20.6 Å². The summed E-state index contributed by atoms with van der Waals surface area (Å²) < 4.78 is 26.0. The van der Waals surface area contributed by atoms with E-state index in [1.807, 2.05) is 12.1 Å². The van der Waals surface area contributed by atoms with Gasteiger partial charge in [0.05, 0.1) is 24.5 Å². The van der Waals surface area contributed by atoms with Gasteiger partial charge in [-0.25, -0.2) is 8.42 Å². The number of hydrogen-bond donors (Lipinski definition) is 1. The van der Waals surface area contributed by atoms with Gasteiger partial charge in [-0.3, -0.25) is 9.10 Å². The number of nitrogens with zero attached hydrogens (tertiary/aromatic N) is 1. The van der Waals surface area contributed by atoms with Crippen LogP contribution in [0.25, 0.3) is 0 Å². The van der Waals surface area contributed by atoms with Crippen LogP contribution in [0.1, 0.15) is 45.9 Å². The molecule has 0 heterocycles. The van der Waals surface area contributed by atoms with Crippen molar-refractivity contribution in [3.63, 3.8) is 0 Å². The van der Waals surface area contributed by atoms with Crippen LogP contribution in [0.4, 0.5) is 5.69 Å². The number of fused-ring (bicyclic) bond motifs is 1. The fraction of sp³-hybridized carbons (Fsp3) is 0.240. The van der Waals surface area contributed by atoms with Crippen molar-refractivity contribution in [3.05, 3.63) is 100 Å². The summed E-state index contributed by atoms with van der Waals surface area (Å²) in [5.74, 6) is -0.131. The molecule has 0 saturated carbocycles. The van der Waals surface area contributed by atoms with Gasteiger partial charge in [-0.05, 0) is 66.3 Å². The fourth-order valence-electron chi connectivity index (χ4n) is 4.10. The SMILES string of the molecule is CS(=O)(=O)N(Cc1ccc(C(=O)N[C@@H]2CCCc3ccccc32)cc1)c1cccc(Cl)c1. The zero-order valence-electron chi connectivity index (χ0n) is 17.8. The number of carbonyl (C=O) groups excluding carboxylic acids is 1. The van der Waals surface area contributed by atoms with Crippen molar-refractivity contribution in [2.75, 3.05) is 10.6 Å². The molecule has 1 aliphatic carbocycles. The van der Waals surface area contributed by atoms with E-state index >= 15 is 0 Å². The summed E-state index contributed by atoms with van der Waals surface area (Å²) in [7, 11) is -3.51. The van der Waals surface area contributed by atoms with E-state index in [0.29, 0.717) is 16.3 Å². The number of amides is 1. The number of rotatable bonds is 6. The Hall–Kier alpha value is -2.83.